The average Bonchev–Trinajstić information content (AvgIpc) is 2.95. The second-order valence-corrected chi connectivity index (χ2v) is 8.76. The Balaban J connectivity index is 1.54. The van der Waals surface area contributed by atoms with Crippen molar-refractivity contribution in [1.82, 2.24) is 10.2 Å². The minimum Gasteiger partial charge on any atom is -0.496 e. The molecule has 2 atom stereocenters. The topological polar surface area (TPSA) is 94.2 Å². The molecule has 0 unspecified atom stereocenters. The van der Waals surface area contributed by atoms with Crippen LogP contribution in [0, 0.1) is 0 Å². The van der Waals surface area contributed by atoms with Crippen molar-refractivity contribution in [3.05, 3.63) is 101 Å². The van der Waals surface area contributed by atoms with Crippen LogP contribution in [0.5, 0.6) is 5.75 Å². The van der Waals surface area contributed by atoms with Gasteiger partial charge >= 0.3 is 12.1 Å². The molecule has 2 amide bonds. The van der Waals surface area contributed by atoms with Crippen molar-refractivity contribution in [2.75, 3.05) is 14.2 Å². The van der Waals surface area contributed by atoms with Crippen molar-refractivity contribution in [1.29, 1.82) is 0 Å². The number of nitrogens with one attached hydrogen (secondary N) is 1. The van der Waals surface area contributed by atoms with Gasteiger partial charge in [-0.3, -0.25) is 9.69 Å². The van der Waals surface area contributed by atoms with E-state index in [1.807, 2.05) is 72.8 Å². The summed E-state index contributed by atoms with van der Waals surface area (Å²) in [5.74, 6) is -0.450. The van der Waals surface area contributed by atoms with E-state index in [2.05, 4.69) is 5.32 Å². The van der Waals surface area contributed by atoms with Crippen molar-refractivity contribution in [3.8, 4) is 5.75 Å². The monoisotopic (exact) mass is 502 g/mol. The number of fused-ring (bicyclic) bond motifs is 1. The number of esters is 1. The van der Waals surface area contributed by atoms with E-state index in [0.717, 1.165) is 22.3 Å². The summed E-state index contributed by atoms with van der Waals surface area (Å²) in [5.41, 5.74) is 3.50. The number of benzene rings is 3. The summed E-state index contributed by atoms with van der Waals surface area (Å²) in [6.07, 6.45) is -0.132. The number of rotatable bonds is 8. The molecule has 0 aliphatic carbocycles. The van der Waals surface area contributed by atoms with Crippen LogP contribution in [0.1, 0.15) is 22.3 Å². The van der Waals surface area contributed by atoms with Crippen LogP contribution in [0.4, 0.5) is 4.79 Å². The SMILES string of the molecule is COC(=O)[C@@H](Cc1ccccc1OC)NC(=O)[C@@H]1Cc2ccccc2CN1C(=O)OCc1ccccc1. The summed E-state index contributed by atoms with van der Waals surface area (Å²) in [4.78, 5) is 40.8. The first-order valence-electron chi connectivity index (χ1n) is 12.0. The van der Waals surface area contributed by atoms with E-state index in [-0.39, 0.29) is 19.6 Å². The largest absolute Gasteiger partial charge is 0.496 e. The first-order valence-corrected chi connectivity index (χ1v) is 12.0. The first-order chi connectivity index (χ1) is 18.0. The van der Waals surface area contributed by atoms with Gasteiger partial charge in [-0.25, -0.2) is 9.59 Å². The van der Waals surface area contributed by atoms with Crippen LogP contribution in [0.3, 0.4) is 0 Å². The van der Waals surface area contributed by atoms with Gasteiger partial charge in [0.2, 0.25) is 5.91 Å². The number of carbonyl (C=O) groups excluding carboxylic acids is 3. The lowest BCUT2D eigenvalue weighted by molar-refractivity contribution is -0.145. The normalized spacial score (nSPS) is 15.2. The number of hydrogen-bond donors (Lipinski definition) is 1. The maximum atomic E-state index is 13.6. The lowest BCUT2D eigenvalue weighted by Gasteiger charge is -2.35. The number of hydrogen-bond acceptors (Lipinski definition) is 6. The van der Waals surface area contributed by atoms with E-state index >= 15 is 0 Å². The fraction of sp³-hybridized carbons (Fsp3) is 0.276. The van der Waals surface area contributed by atoms with Crippen molar-refractivity contribution in [2.24, 2.45) is 0 Å². The third-order valence-electron chi connectivity index (χ3n) is 6.41. The minimum atomic E-state index is -0.965. The Hall–Kier alpha value is -4.33. The number of para-hydroxylation sites is 1. The summed E-state index contributed by atoms with van der Waals surface area (Å²) in [7, 11) is 2.82. The lowest BCUT2D eigenvalue weighted by Crippen LogP contribution is -2.56. The van der Waals surface area contributed by atoms with Crippen LogP contribution < -0.4 is 10.1 Å². The zero-order valence-electron chi connectivity index (χ0n) is 20.9. The quantitative estimate of drug-likeness (QED) is 0.473. The van der Waals surface area contributed by atoms with Gasteiger partial charge in [-0.1, -0.05) is 72.8 Å². The Morgan fingerprint density at radius 3 is 2.32 bits per heavy atom. The molecule has 4 rings (SSSR count). The molecule has 3 aromatic rings. The maximum Gasteiger partial charge on any atom is 0.411 e. The first kappa shape index (κ1) is 25.8. The van der Waals surface area contributed by atoms with Crippen LogP contribution in [0.15, 0.2) is 78.9 Å². The molecule has 0 saturated heterocycles. The Kier molecular flexibility index (Phi) is 8.40. The third kappa shape index (κ3) is 6.27. The number of ether oxygens (including phenoxy) is 3. The second kappa shape index (κ2) is 12.1. The maximum absolute atomic E-state index is 13.6. The number of nitrogens with zero attached hydrogens (tertiary/aromatic N) is 1. The zero-order valence-corrected chi connectivity index (χ0v) is 20.9. The highest BCUT2D eigenvalue weighted by Crippen LogP contribution is 2.25. The Morgan fingerprint density at radius 2 is 1.59 bits per heavy atom. The molecule has 0 saturated carbocycles. The Labute approximate surface area is 216 Å². The number of methoxy groups -OCH3 is 2. The van der Waals surface area contributed by atoms with E-state index in [1.54, 1.807) is 13.2 Å². The van der Waals surface area contributed by atoms with Crippen LogP contribution in [-0.4, -0.2) is 49.2 Å². The number of amides is 2. The Morgan fingerprint density at radius 1 is 0.919 bits per heavy atom. The minimum absolute atomic E-state index is 0.0880. The molecule has 0 radical (unpaired) electrons. The molecular weight excluding hydrogens is 472 g/mol. The fourth-order valence-electron chi connectivity index (χ4n) is 4.45. The summed E-state index contributed by atoms with van der Waals surface area (Å²) in [5, 5.41) is 2.81. The van der Waals surface area contributed by atoms with Gasteiger partial charge in [0.15, 0.2) is 0 Å². The van der Waals surface area contributed by atoms with Gasteiger partial charge in [-0.05, 0) is 28.3 Å². The molecule has 192 valence electrons. The van der Waals surface area contributed by atoms with Crippen molar-refractivity contribution in [3.63, 3.8) is 0 Å². The highest BCUT2D eigenvalue weighted by molar-refractivity contribution is 5.90. The van der Waals surface area contributed by atoms with Crippen molar-refractivity contribution in [2.45, 2.75) is 38.1 Å². The summed E-state index contributed by atoms with van der Waals surface area (Å²) in [6.45, 7) is 0.308. The smallest absolute Gasteiger partial charge is 0.411 e. The lowest BCUT2D eigenvalue weighted by atomic mass is 9.93. The standard InChI is InChI=1S/C29H30N2O6/c1-35-26-15-9-8-13-22(26)16-24(28(33)36-2)30-27(32)25-17-21-12-6-7-14-23(21)18-31(25)29(34)37-19-20-10-4-3-5-11-20/h3-15,24-25H,16-19H2,1-2H3,(H,30,32)/t24-,25+/m1/s1. The van der Waals surface area contributed by atoms with Gasteiger partial charge in [0, 0.05) is 12.8 Å². The van der Waals surface area contributed by atoms with Crippen LogP contribution in [0.25, 0.3) is 0 Å². The van der Waals surface area contributed by atoms with Crippen molar-refractivity contribution >= 4 is 18.0 Å². The molecule has 3 aromatic carbocycles. The van der Waals surface area contributed by atoms with Gasteiger partial charge < -0.3 is 19.5 Å². The molecule has 0 bridgehead atoms. The van der Waals surface area contributed by atoms with Crippen molar-refractivity contribution < 1.29 is 28.6 Å². The van der Waals surface area contributed by atoms with Gasteiger partial charge in [0.1, 0.15) is 24.4 Å². The molecule has 0 spiro atoms. The predicted molar refractivity (Wildman–Crippen MR) is 137 cm³/mol. The molecule has 0 fully saturated rings. The van der Waals surface area contributed by atoms with Crippen LogP contribution in [-0.2, 0) is 45.1 Å². The van der Waals surface area contributed by atoms with E-state index in [1.165, 1.54) is 12.0 Å². The van der Waals surface area contributed by atoms with Gasteiger partial charge in [-0.15, -0.1) is 0 Å². The summed E-state index contributed by atoms with van der Waals surface area (Å²) >= 11 is 0. The molecule has 1 heterocycles. The van der Waals surface area contributed by atoms with E-state index in [0.29, 0.717) is 12.2 Å². The molecular formula is C29H30N2O6. The summed E-state index contributed by atoms with van der Waals surface area (Å²) < 4.78 is 15.9. The highest BCUT2D eigenvalue weighted by atomic mass is 16.6. The summed E-state index contributed by atoms with van der Waals surface area (Å²) in [6, 6.07) is 22.5. The molecule has 0 aromatic heterocycles. The third-order valence-corrected chi connectivity index (χ3v) is 6.41. The highest BCUT2D eigenvalue weighted by Gasteiger charge is 2.37. The second-order valence-electron chi connectivity index (χ2n) is 8.76. The van der Waals surface area contributed by atoms with E-state index < -0.39 is 30.1 Å². The van der Waals surface area contributed by atoms with Crippen LogP contribution >= 0.6 is 0 Å². The number of carbonyl (C=O) groups is 3. The Bertz CT molecular complexity index is 1250. The van der Waals surface area contributed by atoms with Gasteiger partial charge in [0.05, 0.1) is 20.8 Å². The van der Waals surface area contributed by atoms with Gasteiger partial charge in [-0.2, -0.15) is 0 Å². The molecule has 1 aliphatic heterocycles. The molecule has 8 nitrogen and oxygen atoms in total. The average molecular weight is 503 g/mol. The van der Waals surface area contributed by atoms with Crippen LogP contribution in [0.2, 0.25) is 0 Å². The zero-order chi connectivity index (χ0) is 26.2. The van der Waals surface area contributed by atoms with E-state index in [4.69, 9.17) is 14.2 Å². The molecule has 8 heteroatoms. The fourth-order valence-corrected chi connectivity index (χ4v) is 4.45. The molecule has 1 aliphatic rings. The van der Waals surface area contributed by atoms with Gasteiger partial charge in [0.25, 0.3) is 0 Å². The van der Waals surface area contributed by atoms with E-state index in [9.17, 15) is 14.4 Å². The molecule has 1 N–H and O–H groups in total. The molecule has 37 heavy (non-hydrogen) atoms. The predicted octanol–water partition coefficient (Wildman–Crippen LogP) is 3.66.